The third-order valence-corrected chi connectivity index (χ3v) is 17.5. The monoisotopic (exact) mass is 935 g/mol. The Morgan fingerprint density at radius 1 is 0.791 bits per heavy atom. The summed E-state index contributed by atoms with van der Waals surface area (Å²) in [6.45, 7) is 19.6. The molecule has 384 valence electrons. The number of carbonyl (C=O) groups is 2. The van der Waals surface area contributed by atoms with E-state index in [1.165, 1.54) is 140 Å². The predicted molar refractivity (Wildman–Crippen MR) is 277 cm³/mol. The topological polar surface area (TPSA) is 86.3 Å². The van der Waals surface area contributed by atoms with E-state index in [0.717, 1.165) is 93.9 Å². The molecule has 1 N–H and O–H groups in total. The van der Waals surface area contributed by atoms with Gasteiger partial charge in [-0.1, -0.05) is 142 Å². The number of piperidine rings is 1. The van der Waals surface area contributed by atoms with Crippen LogP contribution in [0.3, 0.4) is 0 Å². The van der Waals surface area contributed by atoms with Crippen molar-refractivity contribution in [1.82, 2.24) is 10.2 Å². The molecule has 0 aromatic carbocycles. The van der Waals surface area contributed by atoms with Crippen LogP contribution in [0.2, 0.25) is 0 Å². The van der Waals surface area contributed by atoms with Crippen molar-refractivity contribution in [2.75, 3.05) is 59.2 Å². The molecule has 0 spiro atoms. The highest BCUT2D eigenvalue weighted by Gasteiger charge is 2.59. The van der Waals surface area contributed by atoms with Gasteiger partial charge >= 0.3 is 5.97 Å². The summed E-state index contributed by atoms with van der Waals surface area (Å²) in [5.41, 5.74) is 2.23. The second kappa shape index (κ2) is 30.7. The van der Waals surface area contributed by atoms with Gasteiger partial charge in [-0.2, -0.15) is 0 Å². The lowest BCUT2D eigenvalue weighted by molar-refractivity contribution is -0.157. The van der Waals surface area contributed by atoms with Crippen LogP contribution < -0.4 is 5.32 Å². The Hall–Kier alpha value is -2.00. The molecule has 1 saturated heterocycles. The highest BCUT2D eigenvalue weighted by Crippen LogP contribution is 2.67. The molecule has 4 aliphatic carbocycles. The van der Waals surface area contributed by atoms with Crippen LogP contribution in [0.4, 0.5) is 0 Å². The van der Waals surface area contributed by atoms with Crippen molar-refractivity contribution >= 4 is 11.9 Å². The quantitative estimate of drug-likeness (QED) is 0.0398. The summed E-state index contributed by atoms with van der Waals surface area (Å²) in [5, 5.41) is 2.91. The molecule has 0 radical (unpaired) electrons. The molecule has 3 saturated carbocycles. The van der Waals surface area contributed by atoms with Crippen LogP contribution >= 0.6 is 0 Å². The molecule has 8 heteroatoms. The maximum absolute atomic E-state index is 12.9. The number of esters is 1. The van der Waals surface area contributed by atoms with Crippen LogP contribution in [0.5, 0.6) is 0 Å². The zero-order valence-corrected chi connectivity index (χ0v) is 44.2. The van der Waals surface area contributed by atoms with E-state index in [1.54, 1.807) is 0 Å². The van der Waals surface area contributed by atoms with Crippen molar-refractivity contribution in [3.05, 3.63) is 36.0 Å². The number of amides is 1. The lowest BCUT2D eigenvalue weighted by Crippen LogP contribution is -2.51. The molecule has 0 bridgehead atoms. The maximum atomic E-state index is 12.9. The predicted octanol–water partition coefficient (Wildman–Crippen LogP) is 13.8. The zero-order valence-electron chi connectivity index (χ0n) is 44.2. The number of likely N-dealkylation sites (tertiary alicyclic amines) is 1. The van der Waals surface area contributed by atoms with Crippen LogP contribution in [-0.2, 0) is 28.5 Å². The van der Waals surface area contributed by atoms with Gasteiger partial charge in [0.2, 0.25) is 5.91 Å². The van der Waals surface area contributed by atoms with E-state index < -0.39 is 0 Å². The summed E-state index contributed by atoms with van der Waals surface area (Å²) >= 11 is 0. The van der Waals surface area contributed by atoms with Gasteiger partial charge in [-0.05, 0) is 156 Å². The number of rotatable bonds is 33. The number of carbonyl (C=O) groups excluding carboxylic acids is 2. The van der Waals surface area contributed by atoms with Crippen molar-refractivity contribution in [3.63, 3.8) is 0 Å². The second-order valence-corrected chi connectivity index (χ2v) is 23.0. The van der Waals surface area contributed by atoms with Gasteiger partial charge in [0.05, 0.1) is 19.3 Å². The first-order chi connectivity index (χ1) is 32.5. The van der Waals surface area contributed by atoms with Crippen molar-refractivity contribution in [2.24, 2.45) is 46.3 Å². The molecule has 9 atom stereocenters. The SMILES string of the molecule is CCCCCC=CCC=CCCCCCCCCOCC(CN1CCCCC1)OCCNC(=O)COCC(=O)O[C@H]1CC[C@@]2(C)C(=CC[C@H]3[C@@H]4CC[C@H]([C@H](C)CCCC(C)C)[C@@]4(C)CC[C@@H]32)C1. The number of allylic oxidation sites excluding steroid dienone is 5. The fourth-order valence-electron chi connectivity index (χ4n) is 13.7. The highest BCUT2D eigenvalue weighted by molar-refractivity contribution is 5.77. The first-order valence-electron chi connectivity index (χ1n) is 28.5. The molecule has 1 amide bonds. The molecule has 67 heavy (non-hydrogen) atoms. The first-order valence-corrected chi connectivity index (χ1v) is 28.5. The average molecular weight is 935 g/mol. The smallest absolute Gasteiger partial charge is 0.332 e. The van der Waals surface area contributed by atoms with E-state index in [-0.39, 0.29) is 42.7 Å². The minimum atomic E-state index is -0.372. The Balaban J connectivity index is 0.909. The number of nitrogens with zero attached hydrogens (tertiary/aromatic N) is 1. The number of fused-ring (bicyclic) bond motifs is 5. The minimum Gasteiger partial charge on any atom is -0.460 e. The van der Waals surface area contributed by atoms with Crippen LogP contribution in [0.1, 0.15) is 208 Å². The van der Waals surface area contributed by atoms with Crippen LogP contribution in [0.15, 0.2) is 36.0 Å². The van der Waals surface area contributed by atoms with E-state index in [0.29, 0.717) is 25.2 Å². The Morgan fingerprint density at radius 2 is 1.54 bits per heavy atom. The first kappa shape index (κ1) is 55.9. The summed E-state index contributed by atoms with van der Waals surface area (Å²) < 4.78 is 23.9. The fraction of sp³-hybridized carbons (Fsp3) is 0.864. The normalized spacial score (nSPS) is 28.6. The Morgan fingerprint density at radius 3 is 2.30 bits per heavy atom. The number of nitrogens with one attached hydrogen (secondary N) is 1. The molecule has 8 nitrogen and oxygen atoms in total. The Bertz CT molecular complexity index is 1490. The molecule has 4 fully saturated rings. The summed E-state index contributed by atoms with van der Waals surface area (Å²) in [7, 11) is 0. The molecule has 1 heterocycles. The lowest BCUT2D eigenvalue weighted by Gasteiger charge is -2.58. The molecular formula is C59H102N2O6. The third-order valence-electron chi connectivity index (χ3n) is 17.5. The second-order valence-electron chi connectivity index (χ2n) is 23.0. The molecule has 1 unspecified atom stereocenters. The van der Waals surface area contributed by atoms with Gasteiger partial charge in [0.15, 0.2) is 0 Å². The molecule has 5 rings (SSSR count). The molecule has 0 aromatic heterocycles. The summed E-state index contributed by atoms with van der Waals surface area (Å²) in [5.74, 6) is 4.28. The molecule has 1 aliphatic heterocycles. The van der Waals surface area contributed by atoms with Crippen LogP contribution in [-0.4, -0.2) is 88.2 Å². The highest BCUT2D eigenvalue weighted by atomic mass is 16.6. The summed E-state index contributed by atoms with van der Waals surface area (Å²) in [6.07, 6.45) is 44.1. The van der Waals surface area contributed by atoms with Gasteiger partial charge in [-0.15, -0.1) is 0 Å². The van der Waals surface area contributed by atoms with Crippen molar-refractivity contribution in [2.45, 2.75) is 221 Å². The fourth-order valence-corrected chi connectivity index (χ4v) is 13.7. The van der Waals surface area contributed by atoms with Crippen molar-refractivity contribution in [1.29, 1.82) is 0 Å². The lowest BCUT2D eigenvalue weighted by atomic mass is 9.47. The number of ether oxygens (including phenoxy) is 4. The largest absolute Gasteiger partial charge is 0.460 e. The third kappa shape index (κ3) is 18.6. The summed E-state index contributed by atoms with van der Waals surface area (Å²) in [4.78, 5) is 28.1. The van der Waals surface area contributed by atoms with Gasteiger partial charge in [0.25, 0.3) is 0 Å². The van der Waals surface area contributed by atoms with Crippen molar-refractivity contribution in [3.8, 4) is 0 Å². The van der Waals surface area contributed by atoms with E-state index in [1.807, 2.05) is 0 Å². The molecule has 5 aliphatic rings. The zero-order chi connectivity index (χ0) is 47.7. The number of hydrogen-bond acceptors (Lipinski definition) is 7. The molecule has 0 aromatic rings. The molecular weight excluding hydrogens is 833 g/mol. The van der Waals surface area contributed by atoms with Crippen molar-refractivity contribution < 1.29 is 28.5 Å². The van der Waals surface area contributed by atoms with Gasteiger partial charge in [-0.25, -0.2) is 4.79 Å². The number of unbranched alkanes of at least 4 members (excludes halogenated alkanes) is 9. The van der Waals surface area contributed by atoms with Gasteiger partial charge in [0, 0.05) is 26.1 Å². The standard InChI is InChI=1S/C59H102N2O6/c1-7-8-9-10-11-12-13-14-15-16-17-18-19-20-21-25-40-64-44-51(43-61-38-23-22-24-39-61)66-41-37-60-56(62)45-65-46-57(63)67-50-33-35-58(5)49(42-50)29-30-52-54-32-31-53(48(4)28-26-27-47(2)3)59(54,6)36-34-55(52)58/h11-12,14-15,29,47-48,50-55H,7-10,13,16-28,30-46H2,1-6H3,(H,60,62)/t48-,50+,51?,52+,53-,54+,55+,58+,59-/m1/s1. The van der Waals surface area contributed by atoms with E-state index in [9.17, 15) is 9.59 Å². The number of hydrogen-bond donors (Lipinski definition) is 1. The van der Waals surface area contributed by atoms with E-state index in [4.69, 9.17) is 18.9 Å². The van der Waals surface area contributed by atoms with E-state index >= 15 is 0 Å². The minimum absolute atomic E-state index is 0.0225. The summed E-state index contributed by atoms with van der Waals surface area (Å²) in [6, 6.07) is 0. The maximum Gasteiger partial charge on any atom is 0.332 e. The van der Waals surface area contributed by atoms with Gasteiger partial charge < -0.3 is 29.2 Å². The average Bonchev–Trinajstić information content (AvgIpc) is 3.67. The Kier molecular flexibility index (Phi) is 25.6. The van der Waals surface area contributed by atoms with Gasteiger partial charge in [0.1, 0.15) is 19.3 Å². The van der Waals surface area contributed by atoms with Crippen LogP contribution in [0, 0.1) is 46.3 Å². The van der Waals surface area contributed by atoms with Gasteiger partial charge in [-0.3, -0.25) is 4.79 Å². The Labute approximate surface area is 411 Å². The van der Waals surface area contributed by atoms with E-state index in [2.05, 4.69) is 82.1 Å². The van der Waals surface area contributed by atoms with Crippen LogP contribution in [0.25, 0.3) is 0 Å².